The van der Waals surface area contributed by atoms with E-state index in [2.05, 4.69) is 6.58 Å². The molecule has 0 N–H and O–H groups in total. The van der Waals surface area contributed by atoms with Crippen LogP contribution < -0.4 is 0 Å². The highest BCUT2D eigenvalue weighted by Gasteiger charge is 2.11. The number of hydrogen-bond acceptors (Lipinski definition) is 2. The van der Waals surface area contributed by atoms with Crippen LogP contribution in [0.5, 0.6) is 0 Å². The van der Waals surface area contributed by atoms with Gasteiger partial charge in [-0.1, -0.05) is 25.1 Å². The molecule has 0 unspecified atom stereocenters. The molecule has 0 fully saturated rings. The minimum atomic E-state index is -0.267. The first-order chi connectivity index (χ1) is 8.10. The maximum absolute atomic E-state index is 13.0. The zero-order valence-corrected chi connectivity index (χ0v) is 10.4. The topological polar surface area (TPSA) is 17.1 Å². The van der Waals surface area contributed by atoms with E-state index in [1.165, 1.54) is 23.5 Å². The van der Waals surface area contributed by atoms with Gasteiger partial charge in [-0.05, 0) is 30.0 Å². The van der Waals surface area contributed by atoms with Crippen molar-refractivity contribution in [1.29, 1.82) is 0 Å². The number of fused-ring (bicyclic) bond motifs is 1. The van der Waals surface area contributed by atoms with Gasteiger partial charge >= 0.3 is 0 Å². The third kappa shape index (κ3) is 2.61. The fourth-order valence-electron chi connectivity index (χ4n) is 1.58. The molecule has 1 nitrogen and oxygen atoms in total. The number of carbonyl (C=O) groups is 1. The summed E-state index contributed by atoms with van der Waals surface area (Å²) in [4.78, 5) is 12.6. The molecule has 1 heterocycles. The van der Waals surface area contributed by atoms with Crippen LogP contribution in [0.2, 0.25) is 0 Å². The highest BCUT2D eigenvalue weighted by atomic mass is 32.1. The predicted molar refractivity (Wildman–Crippen MR) is 70.2 cm³/mol. The Hall–Kier alpha value is -1.48. The molecule has 0 bridgehead atoms. The van der Waals surface area contributed by atoms with E-state index in [-0.39, 0.29) is 11.6 Å². The molecule has 0 amide bonds. The molecule has 1 aromatic carbocycles. The second kappa shape index (κ2) is 4.80. The van der Waals surface area contributed by atoms with Crippen molar-refractivity contribution in [3.05, 3.63) is 47.1 Å². The van der Waals surface area contributed by atoms with Crippen molar-refractivity contribution >= 4 is 27.2 Å². The summed E-state index contributed by atoms with van der Waals surface area (Å²) in [7, 11) is 0. The average molecular weight is 248 g/mol. The molecule has 3 heteroatoms. The average Bonchev–Trinajstić information content (AvgIpc) is 2.71. The number of hydrogen-bond donors (Lipinski definition) is 0. The number of benzene rings is 1. The normalized spacial score (nSPS) is 10.7. The van der Waals surface area contributed by atoms with Gasteiger partial charge in [0, 0.05) is 11.1 Å². The minimum absolute atomic E-state index is 0.0680. The van der Waals surface area contributed by atoms with E-state index in [1.54, 1.807) is 6.07 Å². The standard InChI is InChI=1S/C14H13FOS/c1-3-9(2)6-12(16)14-7-10-4-5-11(15)8-13(10)17-14/h4-5,7-8H,2-3,6H2,1H3. The first kappa shape index (κ1) is 12.0. The summed E-state index contributed by atoms with van der Waals surface area (Å²) in [6.07, 6.45) is 1.19. The SMILES string of the molecule is C=C(CC)CC(=O)c1cc2ccc(F)cc2s1. The smallest absolute Gasteiger partial charge is 0.176 e. The van der Waals surface area contributed by atoms with Crippen molar-refractivity contribution in [2.75, 3.05) is 0 Å². The molecule has 0 radical (unpaired) electrons. The van der Waals surface area contributed by atoms with E-state index in [0.717, 1.165) is 22.1 Å². The van der Waals surface area contributed by atoms with Crippen molar-refractivity contribution in [2.24, 2.45) is 0 Å². The highest BCUT2D eigenvalue weighted by molar-refractivity contribution is 7.20. The first-order valence-electron chi connectivity index (χ1n) is 5.49. The van der Waals surface area contributed by atoms with Gasteiger partial charge < -0.3 is 0 Å². The Morgan fingerprint density at radius 2 is 2.18 bits per heavy atom. The van der Waals surface area contributed by atoms with E-state index >= 15 is 0 Å². The van der Waals surface area contributed by atoms with Gasteiger partial charge in [0.2, 0.25) is 0 Å². The van der Waals surface area contributed by atoms with Crippen molar-refractivity contribution in [2.45, 2.75) is 19.8 Å². The van der Waals surface area contributed by atoms with E-state index < -0.39 is 0 Å². The van der Waals surface area contributed by atoms with E-state index in [4.69, 9.17) is 0 Å². The molecule has 0 aliphatic rings. The number of carbonyl (C=O) groups excluding carboxylic acids is 1. The maximum atomic E-state index is 13.0. The van der Waals surface area contributed by atoms with Crippen molar-refractivity contribution in [1.82, 2.24) is 0 Å². The molecule has 2 rings (SSSR count). The largest absolute Gasteiger partial charge is 0.293 e. The lowest BCUT2D eigenvalue weighted by atomic mass is 10.1. The van der Waals surface area contributed by atoms with Gasteiger partial charge in [0.05, 0.1) is 4.88 Å². The number of allylic oxidation sites excluding steroid dienone is 1. The Morgan fingerprint density at radius 1 is 1.41 bits per heavy atom. The molecule has 0 aliphatic carbocycles. The summed E-state index contributed by atoms with van der Waals surface area (Å²) in [5, 5.41) is 0.918. The Morgan fingerprint density at radius 3 is 2.88 bits per heavy atom. The molecular formula is C14H13FOS. The second-order valence-corrected chi connectivity index (χ2v) is 5.08. The predicted octanol–water partition coefficient (Wildman–Crippen LogP) is 4.58. The number of thiophene rings is 1. The fourth-order valence-corrected chi connectivity index (χ4v) is 2.61. The third-order valence-corrected chi connectivity index (χ3v) is 3.81. The number of halogens is 1. The first-order valence-corrected chi connectivity index (χ1v) is 6.30. The van der Waals surface area contributed by atoms with Crippen LogP contribution in [0.4, 0.5) is 4.39 Å². The molecule has 0 saturated heterocycles. The van der Waals surface area contributed by atoms with Crippen LogP contribution in [0, 0.1) is 5.82 Å². The summed E-state index contributed by atoms with van der Waals surface area (Å²) in [6.45, 7) is 5.81. The Balaban J connectivity index is 2.30. The monoisotopic (exact) mass is 248 g/mol. The number of Topliss-reactive ketones (excluding diaryl/α,β-unsaturated/α-hetero) is 1. The summed E-state index contributed by atoms with van der Waals surface area (Å²) in [5.74, 6) is -0.199. The quantitative estimate of drug-likeness (QED) is 0.571. The van der Waals surface area contributed by atoms with Crippen LogP contribution >= 0.6 is 11.3 Å². The Kier molecular flexibility index (Phi) is 3.38. The number of rotatable bonds is 4. The lowest BCUT2D eigenvalue weighted by Gasteiger charge is -1.98. The minimum Gasteiger partial charge on any atom is -0.293 e. The van der Waals surface area contributed by atoms with Gasteiger partial charge in [0.1, 0.15) is 5.82 Å². The summed E-state index contributed by atoms with van der Waals surface area (Å²) >= 11 is 1.34. The lowest BCUT2D eigenvalue weighted by molar-refractivity contribution is 0.0996. The Labute approximate surface area is 104 Å². The van der Waals surface area contributed by atoms with Crippen LogP contribution in [0.3, 0.4) is 0 Å². The van der Waals surface area contributed by atoms with Crippen molar-refractivity contribution in [3.8, 4) is 0 Å². The van der Waals surface area contributed by atoms with Gasteiger partial charge in [-0.25, -0.2) is 4.39 Å². The third-order valence-electron chi connectivity index (χ3n) is 2.67. The Bertz CT molecular complexity index is 583. The van der Waals surface area contributed by atoms with E-state index in [1.807, 2.05) is 13.0 Å². The van der Waals surface area contributed by atoms with Gasteiger partial charge in [-0.3, -0.25) is 4.79 Å². The van der Waals surface area contributed by atoms with E-state index in [0.29, 0.717) is 11.3 Å². The van der Waals surface area contributed by atoms with E-state index in [9.17, 15) is 9.18 Å². The lowest BCUT2D eigenvalue weighted by Crippen LogP contribution is -1.96. The van der Waals surface area contributed by atoms with Crippen LogP contribution in [0.25, 0.3) is 10.1 Å². The fraction of sp³-hybridized carbons (Fsp3) is 0.214. The summed E-state index contributed by atoms with van der Waals surface area (Å²) in [6, 6.07) is 6.40. The second-order valence-electron chi connectivity index (χ2n) is 4.00. The molecule has 0 aliphatic heterocycles. The molecule has 1 aromatic heterocycles. The molecule has 88 valence electrons. The van der Waals surface area contributed by atoms with Gasteiger partial charge in [0.25, 0.3) is 0 Å². The highest BCUT2D eigenvalue weighted by Crippen LogP contribution is 2.27. The molecular weight excluding hydrogens is 235 g/mol. The molecule has 17 heavy (non-hydrogen) atoms. The van der Waals surface area contributed by atoms with Crippen molar-refractivity contribution in [3.63, 3.8) is 0 Å². The number of ketones is 1. The zero-order valence-electron chi connectivity index (χ0n) is 9.63. The van der Waals surface area contributed by atoms with Crippen LogP contribution in [-0.2, 0) is 0 Å². The van der Waals surface area contributed by atoms with Crippen LogP contribution in [-0.4, -0.2) is 5.78 Å². The zero-order chi connectivity index (χ0) is 12.4. The summed E-state index contributed by atoms with van der Waals surface area (Å²) in [5.41, 5.74) is 0.929. The van der Waals surface area contributed by atoms with Crippen LogP contribution in [0.15, 0.2) is 36.4 Å². The van der Waals surface area contributed by atoms with Gasteiger partial charge in [-0.2, -0.15) is 0 Å². The van der Waals surface area contributed by atoms with Gasteiger partial charge in [0.15, 0.2) is 5.78 Å². The van der Waals surface area contributed by atoms with Gasteiger partial charge in [-0.15, -0.1) is 11.3 Å². The van der Waals surface area contributed by atoms with Crippen LogP contribution in [0.1, 0.15) is 29.4 Å². The molecule has 0 spiro atoms. The maximum Gasteiger partial charge on any atom is 0.176 e. The molecule has 0 atom stereocenters. The summed E-state index contributed by atoms with van der Waals surface area (Å²) < 4.78 is 13.8. The molecule has 2 aromatic rings. The molecule has 0 saturated carbocycles. The van der Waals surface area contributed by atoms with Crippen molar-refractivity contribution < 1.29 is 9.18 Å².